The molecule has 6 heteroatoms. The van der Waals surface area contributed by atoms with Crippen molar-refractivity contribution in [1.82, 2.24) is 10.6 Å². The van der Waals surface area contributed by atoms with Crippen LogP contribution >= 0.6 is 23.4 Å². The number of amides is 3. The van der Waals surface area contributed by atoms with Crippen LogP contribution in [-0.2, 0) is 4.79 Å². The number of thioether (sulfide) groups is 1. The van der Waals surface area contributed by atoms with Crippen LogP contribution in [0.3, 0.4) is 0 Å². The topological polar surface area (TPSA) is 58.2 Å². The highest BCUT2D eigenvalue weighted by molar-refractivity contribution is 8.00. The van der Waals surface area contributed by atoms with E-state index in [9.17, 15) is 9.59 Å². The largest absolute Gasteiger partial charge is 0.337 e. The van der Waals surface area contributed by atoms with Crippen molar-refractivity contribution in [2.24, 2.45) is 0 Å². The summed E-state index contributed by atoms with van der Waals surface area (Å²) < 4.78 is 0. The van der Waals surface area contributed by atoms with Crippen LogP contribution in [0.1, 0.15) is 19.3 Å². The third kappa shape index (κ3) is 5.28. The van der Waals surface area contributed by atoms with Crippen LogP contribution in [0.4, 0.5) is 4.79 Å². The summed E-state index contributed by atoms with van der Waals surface area (Å²) in [6.45, 7) is 0.630. The fraction of sp³-hybridized carbons (Fsp3) is 0.778. The number of imide groups is 1. The molecule has 0 aromatic heterocycles. The molecule has 1 aliphatic heterocycles. The van der Waals surface area contributed by atoms with E-state index < -0.39 is 6.03 Å². The van der Waals surface area contributed by atoms with Gasteiger partial charge in [0.25, 0.3) is 0 Å². The van der Waals surface area contributed by atoms with Gasteiger partial charge in [-0.25, -0.2) is 4.79 Å². The molecule has 15 heavy (non-hydrogen) atoms. The lowest BCUT2D eigenvalue weighted by atomic mass is 10.2. The fourth-order valence-corrected chi connectivity index (χ4v) is 2.70. The lowest BCUT2D eigenvalue weighted by molar-refractivity contribution is -0.119. The monoisotopic (exact) mass is 250 g/mol. The zero-order valence-corrected chi connectivity index (χ0v) is 10.00. The van der Waals surface area contributed by atoms with Crippen LogP contribution in [0, 0.1) is 0 Å². The van der Waals surface area contributed by atoms with E-state index in [1.165, 1.54) is 12.2 Å². The van der Waals surface area contributed by atoms with Crippen molar-refractivity contribution in [2.45, 2.75) is 24.5 Å². The van der Waals surface area contributed by atoms with Crippen LogP contribution in [-0.4, -0.2) is 35.4 Å². The first-order valence-electron chi connectivity index (χ1n) is 4.97. The molecule has 4 nitrogen and oxygen atoms in total. The molecule has 0 bridgehead atoms. The molecule has 0 aromatic carbocycles. The Balaban J connectivity index is 2.09. The first kappa shape index (κ1) is 12.6. The van der Waals surface area contributed by atoms with Gasteiger partial charge in [-0.05, 0) is 18.6 Å². The van der Waals surface area contributed by atoms with Crippen molar-refractivity contribution < 1.29 is 9.59 Å². The summed E-state index contributed by atoms with van der Waals surface area (Å²) >= 11 is 7.23. The van der Waals surface area contributed by atoms with Crippen molar-refractivity contribution in [3.63, 3.8) is 0 Å². The maximum atomic E-state index is 11.2. The van der Waals surface area contributed by atoms with Crippen LogP contribution in [0.5, 0.6) is 0 Å². The number of urea groups is 1. The highest BCUT2D eigenvalue weighted by atomic mass is 35.5. The SMILES string of the molecule is O=C(CCCl)NC(=O)NCC1CCCS1. The summed E-state index contributed by atoms with van der Waals surface area (Å²) in [4.78, 5) is 22.2. The van der Waals surface area contributed by atoms with E-state index in [4.69, 9.17) is 11.6 Å². The molecular weight excluding hydrogens is 236 g/mol. The molecule has 1 heterocycles. The van der Waals surface area contributed by atoms with Gasteiger partial charge in [0.1, 0.15) is 0 Å². The Bertz CT molecular complexity index is 232. The van der Waals surface area contributed by atoms with Gasteiger partial charge in [0.2, 0.25) is 5.91 Å². The van der Waals surface area contributed by atoms with Gasteiger partial charge in [-0.2, -0.15) is 11.8 Å². The molecule has 0 saturated carbocycles. The smallest absolute Gasteiger partial charge is 0.321 e. The van der Waals surface area contributed by atoms with Gasteiger partial charge in [0.05, 0.1) is 0 Å². The second-order valence-corrected chi connectivity index (χ2v) is 5.12. The van der Waals surface area contributed by atoms with Gasteiger partial charge >= 0.3 is 6.03 Å². The molecule has 0 radical (unpaired) electrons. The van der Waals surface area contributed by atoms with Crippen LogP contribution in [0.15, 0.2) is 0 Å². The van der Waals surface area contributed by atoms with Gasteiger partial charge in [0.15, 0.2) is 0 Å². The summed E-state index contributed by atoms with van der Waals surface area (Å²) in [7, 11) is 0. The molecule has 86 valence electrons. The highest BCUT2D eigenvalue weighted by Gasteiger charge is 2.16. The molecule has 1 fully saturated rings. The second-order valence-electron chi connectivity index (χ2n) is 3.33. The summed E-state index contributed by atoms with van der Waals surface area (Å²) in [6.07, 6.45) is 2.53. The lowest BCUT2D eigenvalue weighted by Crippen LogP contribution is -2.41. The standard InChI is InChI=1S/C9H15ClN2O2S/c10-4-3-8(13)12-9(14)11-6-7-2-1-5-15-7/h7H,1-6H2,(H2,11,12,13,14). The number of nitrogens with one attached hydrogen (secondary N) is 2. The molecule has 2 N–H and O–H groups in total. The predicted molar refractivity (Wildman–Crippen MR) is 62.4 cm³/mol. The van der Waals surface area contributed by atoms with Gasteiger partial charge < -0.3 is 5.32 Å². The minimum absolute atomic E-state index is 0.174. The summed E-state index contributed by atoms with van der Waals surface area (Å²) in [5, 5.41) is 5.40. The van der Waals surface area contributed by atoms with Gasteiger partial charge in [-0.1, -0.05) is 0 Å². The molecule has 0 aliphatic carbocycles. The highest BCUT2D eigenvalue weighted by Crippen LogP contribution is 2.25. The molecule has 1 aliphatic rings. The second kappa shape index (κ2) is 6.95. The molecule has 3 amide bonds. The maximum absolute atomic E-state index is 11.2. The summed E-state index contributed by atoms with van der Waals surface area (Å²) in [5.74, 6) is 1.07. The zero-order valence-electron chi connectivity index (χ0n) is 8.42. The molecule has 1 atom stereocenters. The molecular formula is C9H15ClN2O2S. The molecule has 0 spiro atoms. The molecule has 1 saturated heterocycles. The summed E-state index contributed by atoms with van der Waals surface area (Å²) in [5.41, 5.74) is 0. The Labute approximate surface area is 98.5 Å². The first-order chi connectivity index (χ1) is 7.22. The van der Waals surface area contributed by atoms with Gasteiger partial charge in [-0.15, -0.1) is 11.6 Å². The van der Waals surface area contributed by atoms with Crippen molar-refractivity contribution >= 4 is 35.3 Å². The van der Waals surface area contributed by atoms with Crippen molar-refractivity contribution in [1.29, 1.82) is 0 Å². The number of hydrogen-bond donors (Lipinski definition) is 2. The fourth-order valence-electron chi connectivity index (χ4n) is 1.33. The molecule has 0 aromatic rings. The van der Waals surface area contributed by atoms with Crippen molar-refractivity contribution in [2.75, 3.05) is 18.2 Å². The van der Waals surface area contributed by atoms with Crippen LogP contribution in [0.25, 0.3) is 0 Å². The van der Waals surface area contributed by atoms with Crippen molar-refractivity contribution in [3.8, 4) is 0 Å². The third-order valence-electron chi connectivity index (χ3n) is 2.09. The Kier molecular flexibility index (Phi) is 5.86. The van der Waals surface area contributed by atoms with E-state index in [-0.39, 0.29) is 18.2 Å². The number of alkyl halides is 1. The van der Waals surface area contributed by atoms with Crippen LogP contribution in [0.2, 0.25) is 0 Å². The quantitative estimate of drug-likeness (QED) is 0.741. The van der Waals surface area contributed by atoms with E-state index in [0.29, 0.717) is 11.8 Å². The number of halogens is 1. The number of carbonyl (C=O) groups excluding carboxylic acids is 2. The van der Waals surface area contributed by atoms with E-state index >= 15 is 0 Å². The normalized spacial score (nSPS) is 19.9. The minimum Gasteiger partial charge on any atom is -0.337 e. The van der Waals surface area contributed by atoms with Gasteiger partial charge in [-0.3, -0.25) is 10.1 Å². The summed E-state index contributed by atoms with van der Waals surface area (Å²) in [6, 6.07) is -0.419. The van der Waals surface area contributed by atoms with Gasteiger partial charge in [0, 0.05) is 24.1 Å². The number of carbonyl (C=O) groups is 2. The predicted octanol–water partition coefficient (Wildman–Crippen LogP) is 1.34. The van der Waals surface area contributed by atoms with E-state index in [2.05, 4.69) is 10.6 Å². The van der Waals surface area contributed by atoms with E-state index in [1.54, 1.807) is 0 Å². The third-order valence-corrected chi connectivity index (χ3v) is 3.68. The Morgan fingerprint density at radius 3 is 2.87 bits per heavy atom. The molecule has 1 rings (SSSR count). The lowest BCUT2D eigenvalue weighted by Gasteiger charge is -2.10. The van der Waals surface area contributed by atoms with E-state index in [0.717, 1.165) is 6.42 Å². The zero-order chi connectivity index (χ0) is 11.1. The average molecular weight is 251 g/mol. The average Bonchev–Trinajstić information content (AvgIpc) is 2.67. The maximum Gasteiger partial charge on any atom is 0.321 e. The minimum atomic E-state index is -0.419. The Hall–Kier alpha value is -0.420. The Morgan fingerprint density at radius 1 is 1.47 bits per heavy atom. The number of hydrogen-bond acceptors (Lipinski definition) is 3. The first-order valence-corrected chi connectivity index (χ1v) is 6.56. The van der Waals surface area contributed by atoms with Crippen molar-refractivity contribution in [3.05, 3.63) is 0 Å². The van der Waals surface area contributed by atoms with E-state index in [1.807, 2.05) is 11.8 Å². The Morgan fingerprint density at radius 2 is 2.27 bits per heavy atom. The van der Waals surface area contributed by atoms with Crippen LogP contribution < -0.4 is 10.6 Å². The molecule has 1 unspecified atom stereocenters. The number of rotatable bonds is 4.